The van der Waals surface area contributed by atoms with Gasteiger partial charge in [0.05, 0.1) is 6.10 Å². The Balaban J connectivity index is 0.00000169. The van der Waals surface area contributed by atoms with Gasteiger partial charge in [0.2, 0.25) is 0 Å². The van der Waals surface area contributed by atoms with Gasteiger partial charge in [-0.1, -0.05) is 46.3 Å². The molecule has 0 spiro atoms. The SMILES string of the molecule is Br.N[C@H](Cc1ccccc1)[C@H](O)CBr. The third-order valence-corrected chi connectivity index (χ3v) is 2.63. The van der Waals surface area contributed by atoms with Crippen LogP contribution < -0.4 is 5.73 Å². The van der Waals surface area contributed by atoms with Crippen molar-refractivity contribution in [1.29, 1.82) is 0 Å². The molecular weight excluding hydrogens is 310 g/mol. The lowest BCUT2D eigenvalue weighted by molar-refractivity contribution is 0.169. The maximum absolute atomic E-state index is 9.42. The van der Waals surface area contributed by atoms with Crippen LogP contribution in [0.2, 0.25) is 0 Å². The van der Waals surface area contributed by atoms with E-state index in [-0.39, 0.29) is 23.0 Å². The molecule has 2 atom stereocenters. The minimum absolute atomic E-state index is 0. The van der Waals surface area contributed by atoms with Crippen LogP contribution in [0.3, 0.4) is 0 Å². The highest BCUT2D eigenvalue weighted by Gasteiger charge is 2.13. The van der Waals surface area contributed by atoms with Crippen molar-refractivity contribution in [1.82, 2.24) is 0 Å². The lowest BCUT2D eigenvalue weighted by Gasteiger charge is -2.16. The summed E-state index contributed by atoms with van der Waals surface area (Å²) in [6.07, 6.45) is 0.244. The molecule has 2 nitrogen and oxygen atoms in total. The van der Waals surface area contributed by atoms with Gasteiger partial charge >= 0.3 is 0 Å². The average Bonchev–Trinajstić information content (AvgIpc) is 2.18. The summed E-state index contributed by atoms with van der Waals surface area (Å²) < 4.78 is 0. The quantitative estimate of drug-likeness (QED) is 0.831. The number of hydrogen-bond donors (Lipinski definition) is 2. The minimum atomic E-state index is -0.472. The maximum Gasteiger partial charge on any atom is 0.0790 e. The molecule has 0 amide bonds. The van der Waals surface area contributed by atoms with Crippen LogP contribution in [0.4, 0.5) is 0 Å². The lowest BCUT2D eigenvalue weighted by atomic mass is 10.0. The molecule has 1 aromatic rings. The monoisotopic (exact) mass is 323 g/mol. The van der Waals surface area contributed by atoms with Gasteiger partial charge in [0.25, 0.3) is 0 Å². The molecule has 0 aromatic heterocycles. The zero-order chi connectivity index (χ0) is 9.68. The number of nitrogens with two attached hydrogens (primary N) is 1. The van der Waals surface area contributed by atoms with E-state index in [0.29, 0.717) is 11.8 Å². The number of alkyl halides is 1. The van der Waals surface area contributed by atoms with Gasteiger partial charge in [0.15, 0.2) is 0 Å². The minimum Gasteiger partial charge on any atom is -0.391 e. The second-order valence-corrected chi connectivity index (χ2v) is 3.72. The van der Waals surface area contributed by atoms with Crippen molar-refractivity contribution in [3.8, 4) is 0 Å². The van der Waals surface area contributed by atoms with Crippen LogP contribution in [0.1, 0.15) is 5.56 Å². The van der Waals surface area contributed by atoms with Crippen LogP contribution in [0.25, 0.3) is 0 Å². The number of hydrogen-bond acceptors (Lipinski definition) is 2. The van der Waals surface area contributed by atoms with E-state index in [4.69, 9.17) is 5.73 Å². The van der Waals surface area contributed by atoms with E-state index < -0.39 is 6.10 Å². The predicted octanol–water partition coefficient (Wildman–Crippen LogP) is 1.89. The Bertz CT molecular complexity index is 243. The Kier molecular flexibility index (Phi) is 7.45. The molecule has 1 aromatic carbocycles. The molecular formula is C10H15Br2NO. The second-order valence-electron chi connectivity index (χ2n) is 3.08. The van der Waals surface area contributed by atoms with E-state index in [9.17, 15) is 5.11 Å². The summed E-state index contributed by atoms with van der Waals surface area (Å²) in [7, 11) is 0. The van der Waals surface area contributed by atoms with E-state index in [0.717, 1.165) is 5.56 Å². The number of benzene rings is 1. The molecule has 0 bridgehead atoms. The fourth-order valence-corrected chi connectivity index (χ4v) is 1.62. The molecule has 4 heteroatoms. The van der Waals surface area contributed by atoms with Gasteiger partial charge in [-0.2, -0.15) is 0 Å². The molecule has 0 aliphatic carbocycles. The van der Waals surface area contributed by atoms with Crippen molar-refractivity contribution < 1.29 is 5.11 Å². The predicted molar refractivity (Wildman–Crippen MR) is 68.2 cm³/mol. The molecule has 3 N–H and O–H groups in total. The summed E-state index contributed by atoms with van der Waals surface area (Å²) in [5, 5.41) is 9.94. The fourth-order valence-electron chi connectivity index (χ4n) is 1.14. The van der Waals surface area contributed by atoms with Crippen molar-refractivity contribution >= 4 is 32.9 Å². The van der Waals surface area contributed by atoms with E-state index in [1.165, 1.54) is 0 Å². The van der Waals surface area contributed by atoms with Gasteiger partial charge in [0, 0.05) is 11.4 Å². The first kappa shape index (κ1) is 14.1. The molecule has 0 saturated carbocycles. The Morgan fingerprint density at radius 1 is 1.29 bits per heavy atom. The zero-order valence-electron chi connectivity index (χ0n) is 7.77. The van der Waals surface area contributed by atoms with Crippen LogP contribution >= 0.6 is 32.9 Å². The average molecular weight is 325 g/mol. The summed E-state index contributed by atoms with van der Waals surface area (Å²) in [5.74, 6) is 0. The summed E-state index contributed by atoms with van der Waals surface area (Å²) in [4.78, 5) is 0. The van der Waals surface area contributed by atoms with Crippen LogP contribution in [0, 0.1) is 0 Å². The van der Waals surface area contributed by atoms with Crippen LogP contribution in [-0.2, 0) is 6.42 Å². The van der Waals surface area contributed by atoms with Crippen molar-refractivity contribution in [2.75, 3.05) is 5.33 Å². The number of aliphatic hydroxyl groups excluding tert-OH is 1. The number of aliphatic hydroxyl groups is 1. The van der Waals surface area contributed by atoms with Crippen molar-refractivity contribution in [2.24, 2.45) is 5.73 Å². The first-order valence-electron chi connectivity index (χ1n) is 4.27. The fraction of sp³-hybridized carbons (Fsp3) is 0.400. The summed E-state index contributed by atoms with van der Waals surface area (Å²) in [5.41, 5.74) is 6.94. The molecule has 0 fully saturated rings. The van der Waals surface area contributed by atoms with Crippen LogP contribution in [0.5, 0.6) is 0 Å². The Morgan fingerprint density at radius 2 is 1.86 bits per heavy atom. The molecule has 0 saturated heterocycles. The summed E-state index contributed by atoms with van der Waals surface area (Å²) >= 11 is 3.20. The van der Waals surface area contributed by atoms with Gasteiger partial charge in [-0.05, 0) is 12.0 Å². The summed E-state index contributed by atoms with van der Waals surface area (Å²) in [6, 6.07) is 9.75. The number of rotatable bonds is 4. The molecule has 0 aliphatic heterocycles. The first-order valence-corrected chi connectivity index (χ1v) is 5.39. The normalized spacial score (nSPS) is 14.2. The van der Waals surface area contributed by atoms with Crippen LogP contribution in [-0.4, -0.2) is 22.6 Å². The van der Waals surface area contributed by atoms with Gasteiger partial charge in [-0.25, -0.2) is 0 Å². The van der Waals surface area contributed by atoms with Crippen molar-refractivity contribution in [2.45, 2.75) is 18.6 Å². The van der Waals surface area contributed by atoms with E-state index in [1.807, 2.05) is 30.3 Å². The third-order valence-electron chi connectivity index (χ3n) is 1.97. The molecule has 1 rings (SSSR count). The largest absolute Gasteiger partial charge is 0.391 e. The molecule has 0 radical (unpaired) electrons. The standard InChI is InChI=1S/C10H14BrNO.BrH/c11-7-10(13)9(12)6-8-4-2-1-3-5-8;/h1-5,9-10,13H,6-7,12H2;1H/t9-,10-;/m1./s1. The highest BCUT2D eigenvalue weighted by atomic mass is 79.9. The van der Waals surface area contributed by atoms with Gasteiger partial charge in [-0.3, -0.25) is 0 Å². The highest BCUT2D eigenvalue weighted by molar-refractivity contribution is 9.09. The molecule has 0 unspecified atom stereocenters. The highest BCUT2D eigenvalue weighted by Crippen LogP contribution is 2.05. The van der Waals surface area contributed by atoms with Crippen molar-refractivity contribution in [3.63, 3.8) is 0 Å². The van der Waals surface area contributed by atoms with E-state index in [2.05, 4.69) is 15.9 Å². The first-order chi connectivity index (χ1) is 6.24. The number of halogens is 2. The molecule has 0 aliphatic rings. The smallest absolute Gasteiger partial charge is 0.0790 e. The topological polar surface area (TPSA) is 46.2 Å². The zero-order valence-corrected chi connectivity index (χ0v) is 11.1. The molecule has 0 heterocycles. The van der Waals surface area contributed by atoms with Crippen molar-refractivity contribution in [3.05, 3.63) is 35.9 Å². The maximum atomic E-state index is 9.42. The van der Waals surface area contributed by atoms with Gasteiger partial charge in [0.1, 0.15) is 0 Å². The Labute approximate surface area is 103 Å². The summed E-state index contributed by atoms with van der Waals surface area (Å²) in [6.45, 7) is 0. The Hall–Kier alpha value is 0.100. The second kappa shape index (κ2) is 7.40. The van der Waals surface area contributed by atoms with Gasteiger partial charge in [-0.15, -0.1) is 17.0 Å². The molecule has 14 heavy (non-hydrogen) atoms. The van der Waals surface area contributed by atoms with Crippen LogP contribution in [0.15, 0.2) is 30.3 Å². The van der Waals surface area contributed by atoms with Gasteiger partial charge < -0.3 is 10.8 Å². The Morgan fingerprint density at radius 3 is 2.36 bits per heavy atom. The van der Waals surface area contributed by atoms with E-state index in [1.54, 1.807) is 0 Å². The lowest BCUT2D eigenvalue weighted by Crippen LogP contribution is -2.37. The molecule has 80 valence electrons. The third kappa shape index (κ3) is 4.55. The van der Waals surface area contributed by atoms with E-state index >= 15 is 0 Å².